The van der Waals surface area contributed by atoms with Crippen LogP contribution in [0.15, 0.2) is 30.3 Å². The van der Waals surface area contributed by atoms with Gasteiger partial charge in [0.05, 0.1) is 7.11 Å². The molecule has 3 heteroatoms. The van der Waals surface area contributed by atoms with Gasteiger partial charge in [0.25, 0.3) is 0 Å². The van der Waals surface area contributed by atoms with Gasteiger partial charge >= 0.3 is 5.97 Å². The van der Waals surface area contributed by atoms with Crippen molar-refractivity contribution in [3.8, 4) is 0 Å². The lowest BCUT2D eigenvalue weighted by Gasteiger charge is -2.17. The second-order valence-corrected chi connectivity index (χ2v) is 4.48. The zero-order valence-electron chi connectivity index (χ0n) is 9.93. The highest BCUT2D eigenvalue weighted by molar-refractivity contribution is 5.84. The van der Waals surface area contributed by atoms with Gasteiger partial charge in [-0.1, -0.05) is 30.3 Å². The van der Waals surface area contributed by atoms with E-state index in [-0.39, 0.29) is 12.0 Å². The van der Waals surface area contributed by atoms with Gasteiger partial charge in [0, 0.05) is 12.6 Å². The summed E-state index contributed by atoms with van der Waals surface area (Å²) in [7, 11) is 1.44. The van der Waals surface area contributed by atoms with Crippen LogP contribution in [-0.2, 0) is 9.53 Å². The number of ether oxygens (including phenoxy) is 1. The van der Waals surface area contributed by atoms with Crippen molar-refractivity contribution in [2.24, 2.45) is 0 Å². The van der Waals surface area contributed by atoms with Crippen LogP contribution in [0.2, 0.25) is 0 Å². The lowest BCUT2D eigenvalue weighted by molar-refractivity contribution is -0.144. The van der Waals surface area contributed by atoms with Crippen LogP contribution in [0, 0.1) is 0 Å². The van der Waals surface area contributed by atoms with Crippen molar-refractivity contribution in [1.82, 2.24) is 4.90 Å². The van der Waals surface area contributed by atoms with Crippen LogP contribution in [0.4, 0.5) is 0 Å². The molecule has 1 saturated heterocycles. The van der Waals surface area contributed by atoms with E-state index in [1.165, 1.54) is 12.7 Å². The molecular formula is C13H17NO2. The van der Waals surface area contributed by atoms with Crippen LogP contribution in [0.5, 0.6) is 0 Å². The van der Waals surface area contributed by atoms with Gasteiger partial charge in [0.1, 0.15) is 5.54 Å². The average molecular weight is 219 g/mol. The minimum absolute atomic E-state index is 0.143. The number of carbonyl (C=O) groups is 1. The zero-order valence-corrected chi connectivity index (χ0v) is 9.93. The van der Waals surface area contributed by atoms with Gasteiger partial charge in [-0.15, -0.1) is 0 Å². The van der Waals surface area contributed by atoms with Crippen molar-refractivity contribution in [2.75, 3.05) is 13.7 Å². The molecule has 3 unspecified atom stereocenters. The van der Waals surface area contributed by atoms with Gasteiger partial charge in [0.15, 0.2) is 0 Å². The van der Waals surface area contributed by atoms with Gasteiger partial charge in [-0.05, 0) is 19.4 Å². The van der Waals surface area contributed by atoms with Gasteiger partial charge < -0.3 is 4.74 Å². The summed E-state index contributed by atoms with van der Waals surface area (Å²) in [6.07, 6.45) is 0. The highest BCUT2D eigenvalue weighted by Crippen LogP contribution is 2.41. The molecule has 0 aliphatic carbocycles. The van der Waals surface area contributed by atoms with Crippen molar-refractivity contribution < 1.29 is 9.53 Å². The molecule has 2 rings (SSSR count). The molecule has 1 aliphatic heterocycles. The Balaban J connectivity index is 2.10. The number of hydrogen-bond acceptors (Lipinski definition) is 3. The molecule has 1 aromatic carbocycles. The molecule has 0 amide bonds. The minimum atomic E-state index is -0.427. The summed E-state index contributed by atoms with van der Waals surface area (Å²) >= 11 is 0. The Morgan fingerprint density at radius 2 is 2.06 bits per heavy atom. The quantitative estimate of drug-likeness (QED) is 0.575. The van der Waals surface area contributed by atoms with E-state index in [0.717, 1.165) is 6.54 Å². The highest BCUT2D eigenvalue weighted by atomic mass is 16.5. The van der Waals surface area contributed by atoms with Crippen LogP contribution in [0.25, 0.3) is 0 Å². The number of nitrogens with zero attached hydrogens (tertiary/aromatic N) is 1. The van der Waals surface area contributed by atoms with Crippen molar-refractivity contribution >= 4 is 5.97 Å². The maximum absolute atomic E-state index is 11.6. The topological polar surface area (TPSA) is 29.3 Å². The summed E-state index contributed by atoms with van der Waals surface area (Å²) in [5.74, 6) is -0.143. The lowest BCUT2D eigenvalue weighted by atomic mass is 10.1. The summed E-state index contributed by atoms with van der Waals surface area (Å²) in [4.78, 5) is 13.7. The molecule has 3 nitrogen and oxygen atoms in total. The number of benzene rings is 1. The third kappa shape index (κ3) is 1.71. The molecule has 1 heterocycles. The van der Waals surface area contributed by atoms with E-state index >= 15 is 0 Å². The van der Waals surface area contributed by atoms with Crippen LogP contribution < -0.4 is 0 Å². The largest absolute Gasteiger partial charge is 0.468 e. The molecule has 0 radical (unpaired) electrons. The van der Waals surface area contributed by atoms with Crippen molar-refractivity contribution in [1.29, 1.82) is 0 Å². The van der Waals surface area contributed by atoms with E-state index in [1.54, 1.807) is 0 Å². The minimum Gasteiger partial charge on any atom is -0.468 e. The molecule has 86 valence electrons. The van der Waals surface area contributed by atoms with E-state index in [2.05, 4.69) is 24.0 Å². The Bertz CT molecular complexity index is 390. The Kier molecular flexibility index (Phi) is 2.72. The van der Waals surface area contributed by atoms with E-state index in [0.29, 0.717) is 0 Å². The third-order valence-electron chi connectivity index (χ3n) is 3.38. The van der Waals surface area contributed by atoms with E-state index in [4.69, 9.17) is 4.74 Å². The van der Waals surface area contributed by atoms with Crippen LogP contribution >= 0.6 is 0 Å². The third-order valence-corrected chi connectivity index (χ3v) is 3.38. The Morgan fingerprint density at radius 3 is 2.62 bits per heavy atom. The Labute approximate surface area is 96.0 Å². The van der Waals surface area contributed by atoms with Gasteiger partial charge in [0.2, 0.25) is 0 Å². The smallest absolute Gasteiger partial charge is 0.327 e. The summed E-state index contributed by atoms with van der Waals surface area (Å²) in [6.45, 7) is 4.82. The number of rotatable bonds is 3. The molecule has 0 aromatic heterocycles. The SMILES string of the molecule is COC(=O)C1(C)CN1C(C)c1ccccc1. The number of methoxy groups -OCH3 is 1. The first-order valence-electron chi connectivity index (χ1n) is 5.49. The van der Waals surface area contributed by atoms with E-state index < -0.39 is 5.54 Å². The average Bonchev–Trinajstić information content (AvgIpc) is 3.02. The molecule has 16 heavy (non-hydrogen) atoms. The molecule has 1 aromatic rings. The normalized spacial score (nSPS) is 29.6. The van der Waals surface area contributed by atoms with Crippen LogP contribution in [-0.4, -0.2) is 30.1 Å². The van der Waals surface area contributed by atoms with Crippen LogP contribution in [0.1, 0.15) is 25.5 Å². The van der Waals surface area contributed by atoms with E-state index in [9.17, 15) is 4.79 Å². The second kappa shape index (κ2) is 3.91. The lowest BCUT2D eigenvalue weighted by Crippen LogP contribution is -2.28. The molecule has 1 aliphatic rings. The predicted molar refractivity (Wildman–Crippen MR) is 62.0 cm³/mol. The van der Waals surface area contributed by atoms with Crippen molar-refractivity contribution in [2.45, 2.75) is 25.4 Å². The van der Waals surface area contributed by atoms with Gasteiger partial charge in [-0.3, -0.25) is 9.69 Å². The van der Waals surface area contributed by atoms with Gasteiger partial charge in [-0.25, -0.2) is 0 Å². The molecule has 1 fully saturated rings. The molecule has 0 bridgehead atoms. The zero-order chi connectivity index (χ0) is 11.8. The van der Waals surface area contributed by atoms with Crippen molar-refractivity contribution in [3.63, 3.8) is 0 Å². The second-order valence-electron chi connectivity index (χ2n) is 4.48. The fourth-order valence-corrected chi connectivity index (χ4v) is 2.17. The fourth-order valence-electron chi connectivity index (χ4n) is 2.17. The predicted octanol–water partition coefficient (Wildman–Crippen LogP) is 1.99. The Hall–Kier alpha value is -1.35. The maximum Gasteiger partial charge on any atom is 0.327 e. The number of hydrogen-bond donors (Lipinski definition) is 0. The summed E-state index contributed by atoms with van der Waals surface area (Å²) in [6, 6.07) is 10.5. The molecular weight excluding hydrogens is 202 g/mol. The number of esters is 1. The summed E-state index contributed by atoms with van der Waals surface area (Å²) in [5.41, 5.74) is 0.805. The highest BCUT2D eigenvalue weighted by Gasteiger charge is 2.57. The van der Waals surface area contributed by atoms with E-state index in [1.807, 2.05) is 25.1 Å². The molecule has 0 spiro atoms. The first-order valence-corrected chi connectivity index (χ1v) is 5.49. The Morgan fingerprint density at radius 1 is 1.44 bits per heavy atom. The fraction of sp³-hybridized carbons (Fsp3) is 0.462. The molecule has 0 saturated carbocycles. The van der Waals surface area contributed by atoms with Gasteiger partial charge in [-0.2, -0.15) is 0 Å². The summed E-state index contributed by atoms with van der Waals surface area (Å²) in [5, 5.41) is 0. The summed E-state index contributed by atoms with van der Waals surface area (Å²) < 4.78 is 4.81. The number of carbonyl (C=O) groups excluding carboxylic acids is 1. The van der Waals surface area contributed by atoms with Crippen molar-refractivity contribution in [3.05, 3.63) is 35.9 Å². The first-order chi connectivity index (χ1) is 7.59. The molecule has 0 N–H and O–H groups in total. The monoisotopic (exact) mass is 219 g/mol. The molecule has 3 atom stereocenters. The maximum atomic E-state index is 11.6. The first kappa shape index (κ1) is 11.1. The van der Waals surface area contributed by atoms with Crippen LogP contribution in [0.3, 0.4) is 0 Å². The standard InChI is InChI=1S/C13H17NO2/c1-10(11-7-5-4-6-8-11)14-9-13(14,2)12(15)16-3/h4-8,10H,9H2,1-3H3.